The molecule has 0 aliphatic heterocycles. The highest BCUT2D eigenvalue weighted by molar-refractivity contribution is 7.09. The summed E-state index contributed by atoms with van der Waals surface area (Å²) in [4.78, 5) is 16.4. The molecule has 1 heterocycles. The molecule has 0 radical (unpaired) electrons. The monoisotopic (exact) mass is 276 g/mol. The SMILES string of the molecule is CC(Cc1ccccc1)NC(=O)OCc1cncs1. The maximum atomic E-state index is 11.6. The lowest BCUT2D eigenvalue weighted by atomic mass is 10.1. The molecule has 0 saturated heterocycles. The maximum absolute atomic E-state index is 11.6. The number of nitrogens with one attached hydrogen (secondary N) is 1. The van der Waals surface area contributed by atoms with Gasteiger partial charge in [0.2, 0.25) is 0 Å². The van der Waals surface area contributed by atoms with Crippen molar-refractivity contribution in [2.75, 3.05) is 0 Å². The van der Waals surface area contributed by atoms with Gasteiger partial charge in [-0.25, -0.2) is 4.79 Å². The predicted molar refractivity (Wildman–Crippen MR) is 75.0 cm³/mol. The lowest BCUT2D eigenvalue weighted by Gasteiger charge is -2.13. The summed E-state index contributed by atoms with van der Waals surface area (Å²) in [6, 6.07) is 10.1. The molecule has 100 valence electrons. The third-order valence-corrected chi connectivity index (χ3v) is 3.33. The normalized spacial score (nSPS) is 11.8. The van der Waals surface area contributed by atoms with Crippen molar-refractivity contribution in [3.05, 3.63) is 52.5 Å². The quantitative estimate of drug-likeness (QED) is 0.913. The molecule has 1 atom stereocenters. The van der Waals surface area contributed by atoms with Crippen LogP contribution in [0.1, 0.15) is 17.4 Å². The van der Waals surface area contributed by atoms with Crippen molar-refractivity contribution in [2.24, 2.45) is 0 Å². The number of benzene rings is 1. The van der Waals surface area contributed by atoms with E-state index in [-0.39, 0.29) is 12.6 Å². The summed E-state index contributed by atoms with van der Waals surface area (Å²) in [5, 5.41) is 2.81. The van der Waals surface area contributed by atoms with E-state index in [0.29, 0.717) is 0 Å². The number of ether oxygens (including phenoxy) is 1. The average Bonchev–Trinajstić information content (AvgIpc) is 2.90. The van der Waals surface area contributed by atoms with Crippen molar-refractivity contribution in [1.29, 1.82) is 0 Å². The van der Waals surface area contributed by atoms with Gasteiger partial charge in [0.25, 0.3) is 0 Å². The lowest BCUT2D eigenvalue weighted by molar-refractivity contribution is 0.137. The van der Waals surface area contributed by atoms with Crippen molar-refractivity contribution in [1.82, 2.24) is 10.3 Å². The molecule has 5 heteroatoms. The van der Waals surface area contributed by atoms with Crippen LogP contribution >= 0.6 is 11.3 Å². The maximum Gasteiger partial charge on any atom is 0.407 e. The van der Waals surface area contributed by atoms with E-state index in [9.17, 15) is 4.79 Å². The fourth-order valence-electron chi connectivity index (χ4n) is 1.71. The highest BCUT2D eigenvalue weighted by atomic mass is 32.1. The zero-order valence-electron chi connectivity index (χ0n) is 10.7. The van der Waals surface area contributed by atoms with Crippen LogP contribution in [0.3, 0.4) is 0 Å². The molecular weight excluding hydrogens is 260 g/mol. The molecule has 19 heavy (non-hydrogen) atoms. The molecule has 0 fully saturated rings. The van der Waals surface area contributed by atoms with Crippen LogP contribution in [0.4, 0.5) is 4.79 Å². The second kappa shape index (κ2) is 6.89. The van der Waals surface area contributed by atoms with Gasteiger partial charge in [0, 0.05) is 12.2 Å². The smallest absolute Gasteiger partial charge is 0.407 e. The number of alkyl carbamates (subject to hydrolysis) is 1. The van der Waals surface area contributed by atoms with Crippen molar-refractivity contribution in [3.63, 3.8) is 0 Å². The van der Waals surface area contributed by atoms with E-state index in [4.69, 9.17) is 4.74 Å². The van der Waals surface area contributed by atoms with Gasteiger partial charge in [-0.15, -0.1) is 11.3 Å². The molecule has 0 aliphatic rings. The summed E-state index contributed by atoms with van der Waals surface area (Å²) in [5.41, 5.74) is 2.91. The van der Waals surface area contributed by atoms with Gasteiger partial charge in [-0.05, 0) is 18.9 Å². The first-order valence-corrected chi connectivity index (χ1v) is 6.96. The molecule has 4 nitrogen and oxygen atoms in total. The number of aromatic nitrogens is 1. The van der Waals surface area contributed by atoms with Gasteiger partial charge < -0.3 is 10.1 Å². The minimum atomic E-state index is -0.392. The van der Waals surface area contributed by atoms with Gasteiger partial charge in [-0.1, -0.05) is 30.3 Å². The van der Waals surface area contributed by atoms with Gasteiger partial charge in [0.1, 0.15) is 6.61 Å². The van der Waals surface area contributed by atoms with Crippen molar-refractivity contribution in [2.45, 2.75) is 26.0 Å². The van der Waals surface area contributed by atoms with E-state index in [1.165, 1.54) is 16.9 Å². The minimum Gasteiger partial charge on any atom is -0.444 e. The summed E-state index contributed by atoms with van der Waals surface area (Å²) >= 11 is 1.47. The summed E-state index contributed by atoms with van der Waals surface area (Å²) in [5.74, 6) is 0. The Balaban J connectivity index is 1.72. The standard InChI is InChI=1S/C14H16N2O2S/c1-11(7-12-5-3-2-4-6-12)16-14(17)18-9-13-8-15-10-19-13/h2-6,8,10-11H,7,9H2,1H3,(H,16,17). The molecule has 2 aromatic rings. The zero-order chi connectivity index (χ0) is 13.5. The van der Waals surface area contributed by atoms with Crippen LogP contribution in [0.5, 0.6) is 0 Å². The molecule has 0 saturated carbocycles. The third kappa shape index (κ3) is 4.71. The summed E-state index contributed by atoms with van der Waals surface area (Å²) < 4.78 is 5.12. The van der Waals surface area contributed by atoms with Crippen LogP contribution in [0.25, 0.3) is 0 Å². The number of nitrogens with zero attached hydrogens (tertiary/aromatic N) is 1. The summed E-state index contributed by atoms with van der Waals surface area (Å²) in [6.45, 7) is 2.23. The van der Waals surface area contributed by atoms with E-state index in [0.717, 1.165) is 11.3 Å². The summed E-state index contributed by atoms with van der Waals surface area (Å²) in [7, 11) is 0. The van der Waals surface area contributed by atoms with E-state index in [1.807, 2.05) is 37.3 Å². The van der Waals surface area contributed by atoms with Crippen LogP contribution in [0, 0.1) is 0 Å². The molecule has 0 aliphatic carbocycles. The highest BCUT2D eigenvalue weighted by Gasteiger charge is 2.09. The third-order valence-electron chi connectivity index (χ3n) is 2.58. The van der Waals surface area contributed by atoms with Crippen molar-refractivity contribution < 1.29 is 9.53 Å². The number of amides is 1. The Kier molecular flexibility index (Phi) is 4.92. The fraction of sp³-hybridized carbons (Fsp3) is 0.286. The minimum absolute atomic E-state index is 0.0383. The summed E-state index contributed by atoms with van der Waals surface area (Å²) in [6.07, 6.45) is 2.10. The van der Waals surface area contributed by atoms with Crippen LogP contribution < -0.4 is 5.32 Å². The number of hydrogen-bond donors (Lipinski definition) is 1. The predicted octanol–water partition coefficient (Wildman–Crippen LogP) is 3.00. The Morgan fingerprint density at radius 1 is 1.42 bits per heavy atom. The lowest BCUT2D eigenvalue weighted by Crippen LogP contribution is -2.34. The van der Waals surface area contributed by atoms with Crippen molar-refractivity contribution in [3.8, 4) is 0 Å². The second-order valence-corrected chi connectivity index (χ2v) is 5.25. The number of carbonyl (C=O) groups is 1. The molecule has 0 spiro atoms. The molecule has 1 N–H and O–H groups in total. The first kappa shape index (κ1) is 13.5. The molecular formula is C14H16N2O2S. The second-order valence-electron chi connectivity index (χ2n) is 4.28. The van der Waals surface area contributed by atoms with Crippen LogP contribution in [-0.4, -0.2) is 17.1 Å². The highest BCUT2D eigenvalue weighted by Crippen LogP contribution is 2.07. The molecule has 1 unspecified atom stereocenters. The van der Waals surface area contributed by atoms with Gasteiger partial charge in [0.15, 0.2) is 0 Å². The molecule has 1 amide bonds. The molecule has 2 rings (SSSR count). The Morgan fingerprint density at radius 3 is 2.89 bits per heavy atom. The largest absolute Gasteiger partial charge is 0.444 e. The van der Waals surface area contributed by atoms with E-state index >= 15 is 0 Å². The number of carbonyl (C=O) groups excluding carboxylic acids is 1. The van der Waals surface area contributed by atoms with Crippen LogP contribution in [0.15, 0.2) is 42.0 Å². The van der Waals surface area contributed by atoms with Crippen LogP contribution in [-0.2, 0) is 17.8 Å². The molecule has 1 aromatic carbocycles. The van der Waals surface area contributed by atoms with E-state index < -0.39 is 6.09 Å². The van der Waals surface area contributed by atoms with Crippen molar-refractivity contribution >= 4 is 17.4 Å². The molecule has 1 aromatic heterocycles. The van der Waals surface area contributed by atoms with Gasteiger partial charge in [-0.2, -0.15) is 0 Å². The topological polar surface area (TPSA) is 51.2 Å². The first-order valence-electron chi connectivity index (χ1n) is 6.08. The fourth-order valence-corrected chi connectivity index (χ4v) is 2.22. The van der Waals surface area contributed by atoms with Gasteiger partial charge >= 0.3 is 6.09 Å². The number of rotatable bonds is 5. The van der Waals surface area contributed by atoms with E-state index in [2.05, 4.69) is 10.3 Å². The van der Waals surface area contributed by atoms with E-state index in [1.54, 1.807) is 11.7 Å². The van der Waals surface area contributed by atoms with Gasteiger partial charge in [0.05, 0.1) is 10.4 Å². The Hall–Kier alpha value is -1.88. The Labute approximate surface area is 116 Å². The Bertz CT molecular complexity index is 499. The number of hydrogen-bond acceptors (Lipinski definition) is 4. The molecule has 0 bridgehead atoms. The average molecular weight is 276 g/mol. The first-order chi connectivity index (χ1) is 9.24. The van der Waals surface area contributed by atoms with Crippen LogP contribution in [0.2, 0.25) is 0 Å². The number of thiazole rings is 1. The Morgan fingerprint density at radius 2 is 2.21 bits per heavy atom. The zero-order valence-corrected chi connectivity index (χ0v) is 11.5. The van der Waals surface area contributed by atoms with Gasteiger partial charge in [-0.3, -0.25) is 4.98 Å².